The first-order chi connectivity index (χ1) is 17.8. The molecule has 3 amide bonds. The molecule has 37 heavy (non-hydrogen) atoms. The number of urea groups is 1. The molecule has 0 aromatic heterocycles. The molecule has 0 spiro atoms. The molecule has 0 saturated heterocycles. The van der Waals surface area contributed by atoms with Crippen LogP contribution in [-0.2, 0) is 0 Å². The summed E-state index contributed by atoms with van der Waals surface area (Å²) in [7, 11) is 0. The number of amides is 3. The lowest BCUT2D eigenvalue weighted by Gasteiger charge is -2.23. The normalized spacial score (nSPS) is 11.9. The van der Waals surface area contributed by atoms with E-state index in [0.29, 0.717) is 5.56 Å². The third kappa shape index (κ3) is 6.18. The molecule has 3 N–H and O–H groups in total. The van der Waals surface area contributed by atoms with E-state index < -0.39 is 6.04 Å². The molecular weight excluding hydrogens is 458 g/mol. The van der Waals surface area contributed by atoms with Crippen LogP contribution in [0.1, 0.15) is 72.6 Å². The fourth-order valence-electron chi connectivity index (χ4n) is 4.64. The second-order valence-corrected chi connectivity index (χ2v) is 9.92. The Balaban J connectivity index is 1.53. The SMILES string of the molecule is CC(C)c1cccc(C(C)C)c1NC(=O)NCC(NC(=O)c1cccc2ccccc12)c1ccccc1. The van der Waals surface area contributed by atoms with E-state index in [-0.39, 0.29) is 30.3 Å². The molecule has 190 valence electrons. The average Bonchev–Trinajstić information content (AvgIpc) is 2.90. The molecule has 0 heterocycles. The van der Waals surface area contributed by atoms with Gasteiger partial charge in [-0.2, -0.15) is 0 Å². The lowest BCUT2D eigenvalue weighted by atomic mass is 9.93. The maximum Gasteiger partial charge on any atom is 0.319 e. The summed E-state index contributed by atoms with van der Waals surface area (Å²) in [5.74, 6) is 0.359. The van der Waals surface area contributed by atoms with Crippen LogP contribution < -0.4 is 16.0 Å². The van der Waals surface area contributed by atoms with Crippen molar-refractivity contribution < 1.29 is 9.59 Å². The Morgan fingerprint density at radius 3 is 1.97 bits per heavy atom. The number of carbonyl (C=O) groups is 2. The van der Waals surface area contributed by atoms with Crippen molar-refractivity contribution in [2.24, 2.45) is 0 Å². The summed E-state index contributed by atoms with van der Waals surface area (Å²) in [6, 6.07) is 28.7. The van der Waals surface area contributed by atoms with Crippen LogP contribution in [0.4, 0.5) is 10.5 Å². The Morgan fingerprint density at radius 2 is 1.30 bits per heavy atom. The van der Waals surface area contributed by atoms with E-state index in [1.807, 2.05) is 78.9 Å². The van der Waals surface area contributed by atoms with Gasteiger partial charge in [-0.3, -0.25) is 4.79 Å². The first-order valence-corrected chi connectivity index (χ1v) is 12.9. The van der Waals surface area contributed by atoms with Gasteiger partial charge < -0.3 is 16.0 Å². The van der Waals surface area contributed by atoms with Crippen LogP contribution in [0.15, 0.2) is 91.0 Å². The van der Waals surface area contributed by atoms with Crippen molar-refractivity contribution in [2.75, 3.05) is 11.9 Å². The molecule has 0 saturated carbocycles. The lowest BCUT2D eigenvalue weighted by molar-refractivity contribution is 0.0938. The van der Waals surface area contributed by atoms with E-state index >= 15 is 0 Å². The number of benzene rings is 4. The van der Waals surface area contributed by atoms with Crippen LogP contribution in [-0.4, -0.2) is 18.5 Å². The average molecular weight is 494 g/mol. The zero-order chi connectivity index (χ0) is 26.4. The molecule has 4 aromatic rings. The topological polar surface area (TPSA) is 70.2 Å². The highest BCUT2D eigenvalue weighted by Crippen LogP contribution is 2.32. The van der Waals surface area contributed by atoms with E-state index in [9.17, 15) is 9.59 Å². The second kappa shape index (κ2) is 11.7. The molecule has 1 atom stereocenters. The van der Waals surface area contributed by atoms with Gasteiger partial charge >= 0.3 is 6.03 Å². The van der Waals surface area contributed by atoms with Crippen molar-refractivity contribution in [1.82, 2.24) is 10.6 Å². The number of fused-ring (bicyclic) bond motifs is 1. The van der Waals surface area contributed by atoms with Gasteiger partial charge in [-0.05, 0) is 45.4 Å². The highest BCUT2D eigenvalue weighted by molar-refractivity contribution is 6.07. The van der Waals surface area contributed by atoms with Crippen LogP contribution in [0.5, 0.6) is 0 Å². The Kier molecular flexibility index (Phi) is 8.24. The highest BCUT2D eigenvalue weighted by atomic mass is 16.2. The quantitative estimate of drug-likeness (QED) is 0.240. The lowest BCUT2D eigenvalue weighted by Crippen LogP contribution is -2.39. The number of hydrogen-bond acceptors (Lipinski definition) is 2. The van der Waals surface area contributed by atoms with Gasteiger partial charge in [-0.1, -0.05) is 113 Å². The predicted octanol–water partition coefficient (Wildman–Crippen LogP) is 7.38. The fraction of sp³-hybridized carbons (Fsp3) is 0.250. The van der Waals surface area contributed by atoms with Gasteiger partial charge in [0.25, 0.3) is 5.91 Å². The number of nitrogens with one attached hydrogen (secondary N) is 3. The highest BCUT2D eigenvalue weighted by Gasteiger charge is 2.20. The van der Waals surface area contributed by atoms with Crippen molar-refractivity contribution in [2.45, 2.75) is 45.6 Å². The molecule has 0 aliphatic carbocycles. The van der Waals surface area contributed by atoms with Crippen molar-refractivity contribution in [3.8, 4) is 0 Å². The summed E-state index contributed by atoms with van der Waals surface area (Å²) < 4.78 is 0. The zero-order valence-electron chi connectivity index (χ0n) is 21.9. The standard InChI is InChI=1S/C32H35N3O2/c1-21(2)25-17-11-18-26(22(3)4)30(25)35-32(37)33-20-29(24-13-6-5-7-14-24)34-31(36)28-19-10-15-23-12-8-9-16-27(23)28/h5-19,21-22,29H,20H2,1-4H3,(H,34,36)(H2,33,35,37). The first kappa shape index (κ1) is 26.0. The largest absolute Gasteiger partial charge is 0.343 e. The summed E-state index contributed by atoms with van der Waals surface area (Å²) in [6.07, 6.45) is 0. The minimum Gasteiger partial charge on any atom is -0.343 e. The van der Waals surface area contributed by atoms with Gasteiger partial charge in [-0.15, -0.1) is 0 Å². The monoisotopic (exact) mass is 493 g/mol. The zero-order valence-corrected chi connectivity index (χ0v) is 21.9. The molecule has 5 heteroatoms. The van der Waals surface area contributed by atoms with Crippen molar-refractivity contribution in [3.63, 3.8) is 0 Å². The Hall–Kier alpha value is -4.12. The Bertz CT molecular complexity index is 1350. The minimum atomic E-state index is -0.400. The first-order valence-electron chi connectivity index (χ1n) is 12.9. The van der Waals surface area contributed by atoms with Crippen molar-refractivity contribution in [3.05, 3.63) is 113 Å². The number of hydrogen-bond donors (Lipinski definition) is 3. The summed E-state index contributed by atoms with van der Waals surface area (Å²) in [6.45, 7) is 8.73. The van der Waals surface area contributed by atoms with E-state index in [0.717, 1.165) is 33.2 Å². The molecule has 0 fully saturated rings. The van der Waals surface area contributed by atoms with Gasteiger partial charge in [0.1, 0.15) is 0 Å². The minimum absolute atomic E-state index is 0.180. The number of para-hydroxylation sites is 1. The van der Waals surface area contributed by atoms with Crippen LogP contribution in [0.25, 0.3) is 10.8 Å². The molecule has 4 rings (SSSR count). The Morgan fingerprint density at radius 1 is 0.703 bits per heavy atom. The predicted molar refractivity (Wildman–Crippen MR) is 152 cm³/mol. The molecule has 0 bridgehead atoms. The number of rotatable bonds is 8. The van der Waals surface area contributed by atoms with Crippen LogP contribution in [0, 0.1) is 0 Å². The smallest absolute Gasteiger partial charge is 0.319 e. The van der Waals surface area contributed by atoms with Crippen LogP contribution in [0.2, 0.25) is 0 Å². The summed E-state index contributed by atoms with van der Waals surface area (Å²) in [5.41, 5.74) is 4.59. The van der Waals surface area contributed by atoms with Gasteiger partial charge in [0, 0.05) is 17.8 Å². The van der Waals surface area contributed by atoms with Gasteiger partial charge in [0.05, 0.1) is 6.04 Å². The molecule has 0 aliphatic rings. The van der Waals surface area contributed by atoms with Crippen molar-refractivity contribution >= 4 is 28.4 Å². The molecular formula is C32H35N3O2. The summed E-state index contributed by atoms with van der Waals surface area (Å²) in [4.78, 5) is 26.5. The molecule has 0 radical (unpaired) electrons. The summed E-state index contributed by atoms with van der Waals surface area (Å²) >= 11 is 0. The third-order valence-electron chi connectivity index (χ3n) is 6.62. The van der Waals surface area contributed by atoms with E-state index in [1.54, 1.807) is 0 Å². The molecule has 5 nitrogen and oxygen atoms in total. The van der Waals surface area contributed by atoms with Crippen LogP contribution >= 0.6 is 0 Å². The van der Waals surface area contributed by atoms with Crippen LogP contribution in [0.3, 0.4) is 0 Å². The van der Waals surface area contributed by atoms with E-state index in [2.05, 4.69) is 55.8 Å². The molecule has 1 unspecified atom stereocenters. The third-order valence-corrected chi connectivity index (χ3v) is 6.62. The molecule has 0 aliphatic heterocycles. The maximum atomic E-state index is 13.4. The van der Waals surface area contributed by atoms with E-state index in [4.69, 9.17) is 0 Å². The van der Waals surface area contributed by atoms with Crippen molar-refractivity contribution in [1.29, 1.82) is 0 Å². The van der Waals surface area contributed by atoms with Gasteiger partial charge in [-0.25, -0.2) is 4.79 Å². The van der Waals surface area contributed by atoms with Gasteiger partial charge in [0.15, 0.2) is 0 Å². The number of carbonyl (C=O) groups excluding carboxylic acids is 2. The second-order valence-electron chi connectivity index (χ2n) is 9.92. The number of anilines is 1. The van der Waals surface area contributed by atoms with E-state index in [1.165, 1.54) is 0 Å². The maximum absolute atomic E-state index is 13.4. The Labute approximate surface area is 219 Å². The summed E-state index contributed by atoms with van der Waals surface area (Å²) in [5, 5.41) is 11.1. The van der Waals surface area contributed by atoms with Gasteiger partial charge in [0.2, 0.25) is 0 Å². The molecule has 4 aromatic carbocycles. The fourth-order valence-corrected chi connectivity index (χ4v) is 4.64.